The van der Waals surface area contributed by atoms with Crippen molar-refractivity contribution in [2.75, 3.05) is 6.61 Å². The van der Waals surface area contributed by atoms with Crippen LogP contribution in [0.25, 0.3) is 0 Å². The molecule has 3 atom stereocenters. The molecule has 0 bridgehead atoms. The predicted octanol–water partition coefficient (Wildman–Crippen LogP) is 3.41. The van der Waals surface area contributed by atoms with E-state index in [1.165, 1.54) is 0 Å². The molecule has 0 spiro atoms. The predicted molar refractivity (Wildman–Crippen MR) is 120 cm³/mol. The standard InChI is InChI=1S/C23H25NO3SSe/c1-2-3-6-15-20(25)21(29-18-13-9-5-10-14-18)22(26)24-19(16-27-23(24)28)17-11-7-4-8-12-17/h4-15,19-21,25H,2-3,16H2,1H3/b15-6+/t19-,20-,21+/m0/s1. The topological polar surface area (TPSA) is 49.8 Å². The number of unbranched alkanes of at least 4 members (excludes halogenated alkanes) is 1. The number of aliphatic hydroxyl groups is 1. The molecule has 1 heterocycles. The van der Waals surface area contributed by atoms with Crippen LogP contribution in [0.5, 0.6) is 0 Å². The Morgan fingerprint density at radius 1 is 1.24 bits per heavy atom. The average molecular weight is 474 g/mol. The van der Waals surface area contributed by atoms with Gasteiger partial charge in [0.05, 0.1) is 0 Å². The third-order valence-electron chi connectivity index (χ3n) is 4.64. The average Bonchev–Trinajstić information content (AvgIpc) is 3.14. The number of hydrogen-bond donors (Lipinski definition) is 1. The first kappa shape index (κ1) is 21.7. The maximum atomic E-state index is 13.6. The summed E-state index contributed by atoms with van der Waals surface area (Å²) in [6.07, 6.45) is 4.68. The van der Waals surface area contributed by atoms with Crippen molar-refractivity contribution in [2.24, 2.45) is 0 Å². The number of ether oxygens (including phenoxy) is 1. The van der Waals surface area contributed by atoms with Gasteiger partial charge in [0.2, 0.25) is 0 Å². The Morgan fingerprint density at radius 2 is 1.90 bits per heavy atom. The number of aliphatic hydroxyl groups excluding tert-OH is 1. The van der Waals surface area contributed by atoms with E-state index in [0.717, 1.165) is 22.9 Å². The Hall–Kier alpha value is -1.98. The van der Waals surface area contributed by atoms with Gasteiger partial charge in [-0.1, -0.05) is 0 Å². The molecule has 2 aromatic carbocycles. The monoisotopic (exact) mass is 475 g/mol. The van der Waals surface area contributed by atoms with E-state index >= 15 is 0 Å². The number of nitrogens with zero attached hydrogens (tertiary/aromatic N) is 1. The first-order valence-corrected chi connectivity index (χ1v) is 12.0. The number of rotatable bonds is 8. The van der Waals surface area contributed by atoms with Crippen molar-refractivity contribution < 1.29 is 14.6 Å². The van der Waals surface area contributed by atoms with Crippen molar-refractivity contribution >= 4 is 42.7 Å². The fourth-order valence-electron chi connectivity index (χ4n) is 3.14. The second kappa shape index (κ2) is 10.7. The van der Waals surface area contributed by atoms with Crippen molar-refractivity contribution in [1.29, 1.82) is 0 Å². The summed E-state index contributed by atoms with van der Waals surface area (Å²) < 4.78 is 6.64. The van der Waals surface area contributed by atoms with Gasteiger partial charge in [0.25, 0.3) is 0 Å². The van der Waals surface area contributed by atoms with Crippen LogP contribution in [0, 0.1) is 0 Å². The van der Waals surface area contributed by atoms with E-state index < -0.39 is 10.9 Å². The molecular weight excluding hydrogens is 449 g/mol. The van der Waals surface area contributed by atoms with E-state index in [1.807, 2.05) is 66.7 Å². The van der Waals surface area contributed by atoms with Gasteiger partial charge in [-0.05, 0) is 0 Å². The molecule has 0 saturated carbocycles. The third kappa shape index (κ3) is 5.55. The van der Waals surface area contributed by atoms with E-state index in [-0.39, 0.29) is 32.1 Å². The molecule has 0 unspecified atom stereocenters. The van der Waals surface area contributed by atoms with Gasteiger partial charge in [-0.15, -0.1) is 0 Å². The van der Waals surface area contributed by atoms with Crippen LogP contribution in [0.3, 0.4) is 0 Å². The second-order valence-electron chi connectivity index (χ2n) is 6.77. The van der Waals surface area contributed by atoms with Gasteiger partial charge in [-0.3, -0.25) is 0 Å². The fourth-order valence-corrected chi connectivity index (χ4v) is 5.63. The van der Waals surface area contributed by atoms with E-state index in [1.54, 1.807) is 11.0 Å². The summed E-state index contributed by atoms with van der Waals surface area (Å²) in [5.74, 6) is -0.182. The molecule has 29 heavy (non-hydrogen) atoms. The summed E-state index contributed by atoms with van der Waals surface area (Å²) >= 11 is 5.10. The summed E-state index contributed by atoms with van der Waals surface area (Å²) in [4.78, 5) is 14.6. The van der Waals surface area contributed by atoms with Crippen LogP contribution < -0.4 is 4.46 Å². The summed E-state index contributed by atoms with van der Waals surface area (Å²) in [7, 11) is 0. The molecule has 4 nitrogen and oxygen atoms in total. The van der Waals surface area contributed by atoms with Crippen LogP contribution in [0.2, 0.25) is 4.82 Å². The minimum atomic E-state index is -0.867. The zero-order valence-corrected chi connectivity index (χ0v) is 18.8. The van der Waals surface area contributed by atoms with E-state index in [4.69, 9.17) is 17.0 Å². The minimum absolute atomic E-state index is 0.182. The zero-order valence-electron chi connectivity index (χ0n) is 16.3. The molecule has 1 aliphatic rings. The van der Waals surface area contributed by atoms with Gasteiger partial charge in [-0.2, -0.15) is 0 Å². The van der Waals surface area contributed by atoms with Crippen LogP contribution in [0.15, 0.2) is 72.8 Å². The number of thiocarbonyl (C=S) groups is 1. The second-order valence-corrected chi connectivity index (χ2v) is 9.67. The SMILES string of the molecule is CCC/C=C/[C@H](O)[C@@H]([Se]c1ccccc1)C(=O)N1C(=S)OC[C@H]1c1ccccc1. The molecule has 0 aliphatic carbocycles. The quantitative estimate of drug-likeness (QED) is 0.362. The van der Waals surface area contributed by atoms with Gasteiger partial charge in [0.15, 0.2) is 0 Å². The van der Waals surface area contributed by atoms with Crippen LogP contribution in [-0.2, 0) is 9.53 Å². The number of benzene rings is 2. The summed E-state index contributed by atoms with van der Waals surface area (Å²) in [6.45, 7) is 2.42. The Morgan fingerprint density at radius 3 is 2.55 bits per heavy atom. The van der Waals surface area contributed by atoms with Crippen molar-refractivity contribution in [3.63, 3.8) is 0 Å². The van der Waals surface area contributed by atoms with Gasteiger partial charge in [0.1, 0.15) is 0 Å². The Kier molecular flexibility index (Phi) is 8.01. The number of carbonyl (C=O) groups is 1. The maximum absolute atomic E-state index is 13.6. The molecule has 1 saturated heterocycles. The van der Waals surface area contributed by atoms with Crippen molar-refractivity contribution in [3.05, 3.63) is 78.4 Å². The van der Waals surface area contributed by atoms with Crippen molar-refractivity contribution in [1.82, 2.24) is 4.90 Å². The molecule has 1 amide bonds. The molecule has 1 aliphatic heterocycles. The molecule has 152 valence electrons. The molecular formula is C23H25NO3SSe. The van der Waals surface area contributed by atoms with Crippen molar-refractivity contribution in [2.45, 2.75) is 36.7 Å². The van der Waals surface area contributed by atoms with Gasteiger partial charge in [-0.25, -0.2) is 0 Å². The first-order valence-electron chi connectivity index (χ1n) is 9.73. The molecule has 6 heteroatoms. The molecule has 0 aromatic heterocycles. The zero-order chi connectivity index (χ0) is 20.6. The Bertz CT molecular complexity index is 844. The Labute approximate surface area is 183 Å². The van der Waals surface area contributed by atoms with Crippen LogP contribution in [0.1, 0.15) is 31.4 Å². The fraction of sp³-hybridized carbons (Fsp3) is 0.304. The van der Waals surface area contributed by atoms with Gasteiger partial charge < -0.3 is 0 Å². The van der Waals surface area contributed by atoms with Crippen LogP contribution in [0.4, 0.5) is 0 Å². The molecule has 2 aromatic rings. The summed E-state index contributed by atoms with van der Waals surface area (Å²) in [6, 6.07) is 19.3. The van der Waals surface area contributed by atoms with Crippen LogP contribution >= 0.6 is 12.2 Å². The normalized spacial score (nSPS) is 18.6. The Balaban J connectivity index is 1.88. The summed E-state index contributed by atoms with van der Waals surface area (Å²) in [5.41, 5.74) is 0.975. The van der Waals surface area contributed by atoms with Gasteiger partial charge >= 0.3 is 184 Å². The van der Waals surface area contributed by atoms with Crippen LogP contribution in [-0.4, -0.2) is 48.8 Å². The molecule has 3 rings (SSSR count). The molecule has 1 fully saturated rings. The van der Waals surface area contributed by atoms with E-state index in [9.17, 15) is 9.90 Å². The van der Waals surface area contributed by atoms with Crippen molar-refractivity contribution in [3.8, 4) is 0 Å². The third-order valence-corrected chi connectivity index (χ3v) is 7.64. The van der Waals surface area contributed by atoms with E-state index in [2.05, 4.69) is 6.92 Å². The first-order chi connectivity index (χ1) is 14.1. The van der Waals surface area contributed by atoms with Gasteiger partial charge in [0, 0.05) is 0 Å². The van der Waals surface area contributed by atoms with E-state index in [0.29, 0.717) is 6.61 Å². The number of amides is 1. The number of hydrogen-bond acceptors (Lipinski definition) is 4. The number of carbonyl (C=O) groups excluding carboxylic acids is 1. The molecule has 0 radical (unpaired) electrons. The summed E-state index contributed by atoms with van der Waals surface area (Å²) in [5, 5.41) is 11.1. The molecule has 1 N–H and O–H groups in total. The number of allylic oxidation sites excluding steroid dienone is 1.